The highest BCUT2D eigenvalue weighted by Crippen LogP contribution is 2.45. The maximum atomic E-state index is 13.7. The summed E-state index contributed by atoms with van der Waals surface area (Å²) in [5, 5.41) is 3.16. The lowest BCUT2D eigenvalue weighted by atomic mass is 9.68. The van der Waals surface area contributed by atoms with Crippen LogP contribution in [0.3, 0.4) is 0 Å². The van der Waals surface area contributed by atoms with Crippen molar-refractivity contribution in [1.29, 1.82) is 0 Å². The van der Waals surface area contributed by atoms with Gasteiger partial charge >= 0.3 is 0 Å². The Kier molecular flexibility index (Phi) is 9.58. The summed E-state index contributed by atoms with van der Waals surface area (Å²) in [6.45, 7) is 9.04. The molecule has 2 atom stereocenters. The van der Waals surface area contributed by atoms with Crippen molar-refractivity contribution in [1.82, 2.24) is 0 Å². The smallest absolute Gasteiger partial charge is 0.228 e. The number of hydrogen-bond acceptors (Lipinski definition) is 4. The van der Waals surface area contributed by atoms with E-state index in [4.69, 9.17) is 15.2 Å². The van der Waals surface area contributed by atoms with Gasteiger partial charge in [0.05, 0.1) is 20.1 Å². The lowest BCUT2D eigenvalue weighted by molar-refractivity contribution is -0.124. The number of unbranched alkanes of at least 4 members (excludes halogenated alkanes) is 2. The largest absolute Gasteiger partial charge is 0.497 e. The van der Waals surface area contributed by atoms with Crippen molar-refractivity contribution in [3.05, 3.63) is 53.6 Å². The third-order valence-corrected chi connectivity index (χ3v) is 6.01. The molecule has 0 radical (unpaired) electrons. The maximum Gasteiger partial charge on any atom is 0.228 e. The van der Waals surface area contributed by atoms with Crippen LogP contribution in [0.4, 0.5) is 5.69 Å². The zero-order valence-electron chi connectivity index (χ0n) is 20.5. The fourth-order valence-electron chi connectivity index (χ4n) is 4.42. The number of hydrogen-bond donors (Lipinski definition) is 2. The number of nitrogens with one attached hydrogen (secondary N) is 1. The monoisotopic (exact) mass is 440 g/mol. The third kappa shape index (κ3) is 6.73. The van der Waals surface area contributed by atoms with Gasteiger partial charge in [-0.1, -0.05) is 65.2 Å². The molecule has 0 fully saturated rings. The summed E-state index contributed by atoms with van der Waals surface area (Å²) in [6.07, 6.45) is 4.23. The van der Waals surface area contributed by atoms with Gasteiger partial charge in [0.1, 0.15) is 11.5 Å². The predicted octanol–water partition coefficient (Wildman–Crippen LogP) is 6.13. The van der Waals surface area contributed by atoms with Gasteiger partial charge in [-0.25, -0.2) is 0 Å². The molecule has 0 heterocycles. The quantitative estimate of drug-likeness (QED) is 0.412. The molecule has 2 aromatic rings. The number of carbonyl (C=O) groups is 1. The minimum Gasteiger partial charge on any atom is -0.497 e. The molecule has 0 aliphatic carbocycles. The Morgan fingerprint density at radius 3 is 2.41 bits per heavy atom. The van der Waals surface area contributed by atoms with E-state index in [-0.39, 0.29) is 23.2 Å². The van der Waals surface area contributed by atoms with E-state index in [0.717, 1.165) is 54.0 Å². The Morgan fingerprint density at radius 1 is 1.06 bits per heavy atom. The first-order chi connectivity index (χ1) is 15.2. The highest BCUT2D eigenvalue weighted by Gasteiger charge is 2.39. The number of ether oxygens (including phenoxy) is 2. The summed E-state index contributed by atoms with van der Waals surface area (Å²) in [5.41, 5.74) is 8.36. The van der Waals surface area contributed by atoms with E-state index in [0.29, 0.717) is 6.54 Å². The van der Waals surface area contributed by atoms with Gasteiger partial charge in [-0.3, -0.25) is 4.79 Å². The molecule has 0 spiro atoms. The molecule has 1 amide bonds. The molecule has 3 N–H and O–H groups in total. The summed E-state index contributed by atoms with van der Waals surface area (Å²) in [7, 11) is 3.32. The molecule has 5 heteroatoms. The van der Waals surface area contributed by atoms with Crippen LogP contribution in [0.25, 0.3) is 0 Å². The SMILES string of the molecule is CCCCCC(c1ccc(OC)cc1OC)C(C(=O)Nc1cccc(CN)c1)C(C)(C)C. The Balaban J connectivity index is 2.48. The molecule has 0 bridgehead atoms. The number of nitrogens with two attached hydrogens (primary N) is 1. The highest BCUT2D eigenvalue weighted by molar-refractivity contribution is 5.93. The third-order valence-electron chi connectivity index (χ3n) is 6.01. The Hall–Kier alpha value is -2.53. The van der Waals surface area contributed by atoms with E-state index < -0.39 is 0 Å². The molecule has 2 aromatic carbocycles. The number of rotatable bonds is 11. The second kappa shape index (κ2) is 11.9. The molecule has 5 nitrogen and oxygen atoms in total. The number of methoxy groups -OCH3 is 2. The molecule has 0 aliphatic rings. The zero-order chi connectivity index (χ0) is 23.7. The van der Waals surface area contributed by atoms with Gasteiger partial charge in [0, 0.05) is 18.3 Å². The van der Waals surface area contributed by atoms with E-state index in [1.807, 2.05) is 36.4 Å². The second-order valence-electron chi connectivity index (χ2n) is 9.45. The molecule has 0 aliphatic heterocycles. The van der Waals surface area contributed by atoms with Gasteiger partial charge in [0.2, 0.25) is 5.91 Å². The van der Waals surface area contributed by atoms with Gasteiger partial charge in [0.25, 0.3) is 0 Å². The molecular weight excluding hydrogens is 400 g/mol. The van der Waals surface area contributed by atoms with Crippen molar-refractivity contribution in [2.75, 3.05) is 19.5 Å². The highest BCUT2D eigenvalue weighted by atomic mass is 16.5. The molecule has 2 rings (SSSR count). The molecule has 2 unspecified atom stereocenters. The Bertz CT molecular complexity index is 873. The minimum atomic E-state index is -0.253. The average Bonchev–Trinajstić information content (AvgIpc) is 2.77. The normalized spacial score (nSPS) is 13.3. The van der Waals surface area contributed by atoms with Crippen molar-refractivity contribution < 1.29 is 14.3 Å². The van der Waals surface area contributed by atoms with Crippen LogP contribution in [0.1, 0.15) is 70.4 Å². The first kappa shape index (κ1) is 25.7. The van der Waals surface area contributed by atoms with Gasteiger partial charge in [0.15, 0.2) is 0 Å². The van der Waals surface area contributed by atoms with Crippen LogP contribution in [0.2, 0.25) is 0 Å². The summed E-state index contributed by atoms with van der Waals surface area (Å²) in [4.78, 5) is 13.7. The molecule has 176 valence electrons. The summed E-state index contributed by atoms with van der Waals surface area (Å²) in [6, 6.07) is 13.7. The van der Waals surface area contributed by atoms with Gasteiger partial charge in [-0.05, 0) is 47.1 Å². The Morgan fingerprint density at radius 2 is 1.81 bits per heavy atom. The standard InChI is InChI=1S/C27H40N2O3/c1-7-8-9-13-23(22-15-14-21(31-5)17-24(22)32-6)25(27(2,3)4)26(30)29-20-12-10-11-19(16-20)18-28/h10-12,14-17,23,25H,7-9,13,18,28H2,1-6H3,(H,29,30). The first-order valence-corrected chi connectivity index (χ1v) is 11.6. The lowest BCUT2D eigenvalue weighted by Gasteiger charge is -2.37. The molecule has 0 saturated carbocycles. The number of anilines is 1. The fourth-order valence-corrected chi connectivity index (χ4v) is 4.42. The average molecular weight is 441 g/mol. The van der Waals surface area contributed by atoms with Crippen molar-refractivity contribution in [3.63, 3.8) is 0 Å². The fraction of sp³-hybridized carbons (Fsp3) is 0.519. The van der Waals surface area contributed by atoms with E-state index in [1.165, 1.54) is 0 Å². The van der Waals surface area contributed by atoms with Crippen molar-refractivity contribution in [3.8, 4) is 11.5 Å². The first-order valence-electron chi connectivity index (χ1n) is 11.6. The van der Waals surface area contributed by atoms with E-state index in [1.54, 1.807) is 14.2 Å². The van der Waals surface area contributed by atoms with Gasteiger partial charge < -0.3 is 20.5 Å². The van der Waals surface area contributed by atoms with Crippen LogP contribution in [-0.2, 0) is 11.3 Å². The maximum absolute atomic E-state index is 13.7. The Labute approximate surface area is 193 Å². The number of carbonyl (C=O) groups excluding carboxylic acids is 1. The van der Waals surface area contributed by atoms with Crippen LogP contribution in [0.15, 0.2) is 42.5 Å². The second-order valence-corrected chi connectivity index (χ2v) is 9.45. The van der Waals surface area contributed by atoms with Crippen LogP contribution in [-0.4, -0.2) is 20.1 Å². The van der Waals surface area contributed by atoms with Crippen LogP contribution < -0.4 is 20.5 Å². The van der Waals surface area contributed by atoms with Gasteiger partial charge in [-0.2, -0.15) is 0 Å². The molecule has 0 saturated heterocycles. The van der Waals surface area contributed by atoms with Crippen molar-refractivity contribution in [2.45, 2.75) is 65.8 Å². The molecule has 0 aromatic heterocycles. The minimum absolute atomic E-state index is 0.0140. The van der Waals surface area contributed by atoms with Crippen molar-refractivity contribution in [2.24, 2.45) is 17.1 Å². The van der Waals surface area contributed by atoms with E-state index in [9.17, 15) is 4.79 Å². The van der Waals surface area contributed by atoms with Crippen LogP contribution >= 0.6 is 0 Å². The lowest BCUT2D eigenvalue weighted by Crippen LogP contribution is -2.38. The van der Waals surface area contributed by atoms with E-state index >= 15 is 0 Å². The number of benzene rings is 2. The van der Waals surface area contributed by atoms with Crippen LogP contribution in [0.5, 0.6) is 11.5 Å². The van der Waals surface area contributed by atoms with Gasteiger partial charge in [-0.15, -0.1) is 0 Å². The summed E-state index contributed by atoms with van der Waals surface area (Å²) in [5.74, 6) is 1.29. The molecular formula is C27H40N2O3. The van der Waals surface area contributed by atoms with Crippen molar-refractivity contribution >= 4 is 11.6 Å². The topological polar surface area (TPSA) is 73.6 Å². The molecule has 32 heavy (non-hydrogen) atoms. The predicted molar refractivity (Wildman–Crippen MR) is 132 cm³/mol. The van der Waals surface area contributed by atoms with Crippen LogP contribution in [0, 0.1) is 11.3 Å². The zero-order valence-corrected chi connectivity index (χ0v) is 20.5. The van der Waals surface area contributed by atoms with E-state index in [2.05, 4.69) is 39.1 Å². The number of amides is 1. The summed E-state index contributed by atoms with van der Waals surface area (Å²) >= 11 is 0. The summed E-state index contributed by atoms with van der Waals surface area (Å²) < 4.78 is 11.1.